The number of carbonyl (C=O) groups excluding carboxylic acids is 1. The molecule has 1 aliphatic heterocycles. The number of pyridine rings is 1. The van der Waals surface area contributed by atoms with Crippen molar-refractivity contribution in [2.45, 2.75) is 13.0 Å². The van der Waals surface area contributed by atoms with Gasteiger partial charge in [0, 0.05) is 25.3 Å². The van der Waals surface area contributed by atoms with Crippen molar-refractivity contribution in [3.05, 3.63) is 29.6 Å². The van der Waals surface area contributed by atoms with E-state index in [0.29, 0.717) is 29.8 Å². The van der Waals surface area contributed by atoms with Crippen molar-refractivity contribution in [1.29, 1.82) is 0 Å². The molecule has 5 heteroatoms. The van der Waals surface area contributed by atoms with Gasteiger partial charge >= 0.3 is 0 Å². The third kappa shape index (κ3) is 3.41. The van der Waals surface area contributed by atoms with Gasteiger partial charge < -0.3 is 14.9 Å². The molecule has 1 saturated heterocycles. The zero-order chi connectivity index (χ0) is 15.4. The minimum atomic E-state index is -0.230. The molecule has 1 fully saturated rings. The highest BCUT2D eigenvalue weighted by Crippen LogP contribution is 2.22. The minimum absolute atomic E-state index is 0.0889. The Morgan fingerprint density at radius 2 is 2.29 bits per heavy atom. The van der Waals surface area contributed by atoms with Gasteiger partial charge in [-0.1, -0.05) is 18.8 Å². The molecule has 0 saturated carbocycles. The van der Waals surface area contributed by atoms with Crippen molar-refractivity contribution in [2.75, 3.05) is 33.8 Å². The lowest BCUT2D eigenvalue weighted by molar-refractivity contribution is 0.0775. The molecule has 1 amide bonds. The van der Waals surface area contributed by atoms with E-state index >= 15 is 0 Å². The van der Waals surface area contributed by atoms with Crippen molar-refractivity contribution in [1.82, 2.24) is 14.8 Å². The van der Waals surface area contributed by atoms with Crippen LogP contribution in [0.3, 0.4) is 0 Å². The number of aliphatic hydroxyl groups excluding tert-OH is 1. The van der Waals surface area contributed by atoms with E-state index in [0.717, 1.165) is 6.54 Å². The van der Waals surface area contributed by atoms with E-state index in [1.54, 1.807) is 18.3 Å². The summed E-state index contributed by atoms with van der Waals surface area (Å²) < 4.78 is 0. The number of nitrogens with zero attached hydrogens (tertiary/aromatic N) is 3. The van der Waals surface area contributed by atoms with Crippen molar-refractivity contribution < 1.29 is 9.90 Å². The minimum Gasteiger partial charge on any atom is -0.384 e. The number of rotatable bonds is 2. The average Bonchev–Trinajstić information content (AvgIpc) is 2.87. The first-order valence-electron chi connectivity index (χ1n) is 7.05. The third-order valence-corrected chi connectivity index (χ3v) is 3.84. The van der Waals surface area contributed by atoms with Gasteiger partial charge in [-0.3, -0.25) is 4.79 Å². The lowest BCUT2D eigenvalue weighted by Crippen LogP contribution is -2.36. The largest absolute Gasteiger partial charge is 0.384 e. The van der Waals surface area contributed by atoms with Gasteiger partial charge in [-0.2, -0.15) is 0 Å². The maximum Gasteiger partial charge on any atom is 0.273 e. The number of likely N-dealkylation sites (tertiary alicyclic amines) is 1. The Morgan fingerprint density at radius 3 is 2.90 bits per heavy atom. The van der Waals surface area contributed by atoms with E-state index in [-0.39, 0.29) is 12.5 Å². The molecule has 1 N–H and O–H groups in total. The molecule has 112 valence electrons. The number of aromatic nitrogens is 1. The molecule has 5 nitrogen and oxygen atoms in total. The second kappa shape index (κ2) is 6.70. The summed E-state index contributed by atoms with van der Waals surface area (Å²) in [5.74, 6) is 5.71. The van der Waals surface area contributed by atoms with Crippen LogP contribution in [0.15, 0.2) is 18.3 Å². The van der Waals surface area contributed by atoms with Crippen LogP contribution in [0.5, 0.6) is 0 Å². The Labute approximate surface area is 125 Å². The van der Waals surface area contributed by atoms with Gasteiger partial charge in [-0.25, -0.2) is 4.98 Å². The van der Waals surface area contributed by atoms with Gasteiger partial charge in [0.15, 0.2) is 0 Å². The molecular weight excluding hydrogens is 266 g/mol. The van der Waals surface area contributed by atoms with E-state index in [4.69, 9.17) is 5.11 Å². The maximum absolute atomic E-state index is 12.7. The van der Waals surface area contributed by atoms with E-state index in [2.05, 4.69) is 28.6 Å². The van der Waals surface area contributed by atoms with E-state index in [1.807, 2.05) is 19.0 Å². The third-order valence-electron chi connectivity index (χ3n) is 3.84. The zero-order valence-corrected chi connectivity index (χ0v) is 12.7. The van der Waals surface area contributed by atoms with Gasteiger partial charge in [0.25, 0.3) is 5.91 Å². The molecule has 2 unspecified atom stereocenters. The fraction of sp³-hybridized carbons (Fsp3) is 0.500. The Morgan fingerprint density at radius 1 is 1.52 bits per heavy atom. The highest BCUT2D eigenvalue weighted by molar-refractivity contribution is 5.95. The molecular formula is C16H21N3O2. The van der Waals surface area contributed by atoms with Gasteiger partial charge in [0.05, 0.1) is 5.56 Å². The standard InChI is InChI=1S/C16H21N3O2/c1-12-10-19(11-14(12)18(2)3)16(21)15-13(7-5-9-20)6-4-8-17-15/h4,6,8,12,14,20H,9-11H2,1-3H3. The van der Waals surface area contributed by atoms with E-state index in [9.17, 15) is 4.79 Å². The van der Waals surface area contributed by atoms with Crippen molar-refractivity contribution in [3.63, 3.8) is 0 Å². The van der Waals surface area contributed by atoms with Crippen LogP contribution >= 0.6 is 0 Å². The number of hydrogen-bond donors (Lipinski definition) is 1. The lowest BCUT2D eigenvalue weighted by Gasteiger charge is -2.22. The molecule has 2 rings (SSSR count). The number of likely N-dealkylation sites (N-methyl/N-ethyl adjacent to an activating group) is 1. The van der Waals surface area contributed by atoms with Crippen LogP contribution in [0.2, 0.25) is 0 Å². The number of amides is 1. The summed E-state index contributed by atoms with van der Waals surface area (Å²) in [6, 6.07) is 3.86. The van der Waals surface area contributed by atoms with Crippen LogP contribution in [-0.4, -0.2) is 65.6 Å². The van der Waals surface area contributed by atoms with Gasteiger partial charge in [0.2, 0.25) is 0 Å². The first-order chi connectivity index (χ1) is 10.0. The summed E-state index contributed by atoms with van der Waals surface area (Å²) in [5.41, 5.74) is 0.933. The first kappa shape index (κ1) is 15.5. The normalized spacial score (nSPS) is 21.3. The van der Waals surface area contributed by atoms with Crippen LogP contribution in [0.1, 0.15) is 23.0 Å². The van der Waals surface area contributed by atoms with Crippen LogP contribution in [-0.2, 0) is 0 Å². The van der Waals surface area contributed by atoms with Crippen molar-refractivity contribution >= 4 is 5.91 Å². The Balaban J connectivity index is 2.22. The Hall–Kier alpha value is -1.90. The summed E-state index contributed by atoms with van der Waals surface area (Å²) in [6.07, 6.45) is 1.60. The molecule has 0 spiro atoms. The van der Waals surface area contributed by atoms with Gasteiger partial charge in [-0.15, -0.1) is 0 Å². The molecule has 21 heavy (non-hydrogen) atoms. The number of hydrogen-bond acceptors (Lipinski definition) is 4. The van der Waals surface area contributed by atoms with Crippen LogP contribution < -0.4 is 0 Å². The average molecular weight is 287 g/mol. The maximum atomic E-state index is 12.7. The predicted molar refractivity (Wildman–Crippen MR) is 80.7 cm³/mol. The fourth-order valence-corrected chi connectivity index (χ4v) is 2.75. The molecule has 2 atom stereocenters. The van der Waals surface area contributed by atoms with Crippen LogP contribution in [0, 0.1) is 17.8 Å². The van der Waals surface area contributed by atoms with Gasteiger partial charge in [-0.05, 0) is 32.1 Å². The lowest BCUT2D eigenvalue weighted by atomic mass is 10.1. The number of aliphatic hydroxyl groups is 1. The highest BCUT2D eigenvalue weighted by atomic mass is 16.2. The quantitative estimate of drug-likeness (QED) is 0.802. The monoisotopic (exact) mass is 287 g/mol. The number of carbonyl (C=O) groups is 1. The van der Waals surface area contributed by atoms with Crippen LogP contribution in [0.25, 0.3) is 0 Å². The zero-order valence-electron chi connectivity index (χ0n) is 12.7. The van der Waals surface area contributed by atoms with E-state index in [1.165, 1.54) is 0 Å². The van der Waals surface area contributed by atoms with Gasteiger partial charge in [0.1, 0.15) is 12.3 Å². The molecule has 0 bridgehead atoms. The molecule has 1 aliphatic rings. The summed E-state index contributed by atoms with van der Waals surface area (Å²) in [4.78, 5) is 20.8. The van der Waals surface area contributed by atoms with Crippen molar-refractivity contribution in [3.8, 4) is 11.8 Å². The first-order valence-corrected chi connectivity index (χ1v) is 7.05. The second-order valence-electron chi connectivity index (χ2n) is 5.58. The van der Waals surface area contributed by atoms with E-state index < -0.39 is 0 Å². The topological polar surface area (TPSA) is 56.7 Å². The molecule has 0 aliphatic carbocycles. The highest BCUT2D eigenvalue weighted by Gasteiger charge is 2.34. The predicted octanol–water partition coefficient (Wildman–Crippen LogP) is 0.447. The molecule has 1 aromatic rings. The smallest absolute Gasteiger partial charge is 0.273 e. The van der Waals surface area contributed by atoms with Crippen molar-refractivity contribution in [2.24, 2.45) is 5.92 Å². The molecule has 1 aromatic heterocycles. The summed E-state index contributed by atoms with van der Waals surface area (Å²) in [7, 11) is 4.07. The SMILES string of the molecule is CC1CN(C(=O)c2ncccc2C#CCO)CC1N(C)C. The molecule has 0 aromatic carbocycles. The summed E-state index contributed by atoms with van der Waals surface area (Å²) in [5, 5.41) is 8.80. The Bertz CT molecular complexity index is 574. The second-order valence-corrected chi connectivity index (χ2v) is 5.58. The molecule has 2 heterocycles. The molecule has 0 radical (unpaired) electrons. The Kier molecular flexibility index (Phi) is 4.94. The summed E-state index contributed by atoms with van der Waals surface area (Å²) in [6.45, 7) is 3.36. The fourth-order valence-electron chi connectivity index (χ4n) is 2.75. The van der Waals surface area contributed by atoms with Crippen LogP contribution in [0.4, 0.5) is 0 Å². The summed E-state index contributed by atoms with van der Waals surface area (Å²) >= 11 is 0.